The molecule has 0 fully saturated rings. The van der Waals surface area contributed by atoms with E-state index in [-0.39, 0.29) is 23.0 Å². The minimum absolute atomic E-state index is 0.0313. The normalized spacial score (nSPS) is 12.1. The largest absolute Gasteiger partial charge is 0.354 e. The highest BCUT2D eigenvalue weighted by molar-refractivity contribution is 7.92. The Bertz CT molecular complexity index is 1450. The number of sulfonamides is 1. The molecule has 0 bridgehead atoms. The van der Waals surface area contributed by atoms with E-state index in [2.05, 4.69) is 5.32 Å². The number of nitrogens with zero attached hydrogens (tertiary/aromatic N) is 2. The first-order chi connectivity index (χ1) is 19.0. The molecule has 0 aliphatic carbocycles. The average molecular weight is 605 g/mol. The fourth-order valence-corrected chi connectivity index (χ4v) is 6.15. The topological polar surface area (TPSA) is 86.8 Å². The second-order valence-electron chi connectivity index (χ2n) is 9.54. The van der Waals surface area contributed by atoms with Crippen molar-refractivity contribution in [1.29, 1.82) is 0 Å². The summed E-state index contributed by atoms with van der Waals surface area (Å²) in [5, 5.41) is 3.68. The second kappa shape index (κ2) is 14.0. The van der Waals surface area contributed by atoms with Crippen LogP contribution in [0, 0.1) is 13.8 Å². The van der Waals surface area contributed by atoms with Crippen LogP contribution in [0.4, 0.5) is 5.69 Å². The lowest BCUT2D eigenvalue weighted by molar-refractivity contribution is -0.140. The van der Waals surface area contributed by atoms with Crippen molar-refractivity contribution in [3.63, 3.8) is 0 Å². The Morgan fingerprint density at radius 2 is 1.55 bits per heavy atom. The van der Waals surface area contributed by atoms with Gasteiger partial charge in [0.05, 0.1) is 10.6 Å². The van der Waals surface area contributed by atoms with Crippen molar-refractivity contribution in [3.8, 4) is 0 Å². The molecule has 0 aliphatic rings. The van der Waals surface area contributed by atoms with Gasteiger partial charge in [-0.3, -0.25) is 13.9 Å². The zero-order chi connectivity index (χ0) is 29.4. The minimum Gasteiger partial charge on any atom is -0.354 e. The van der Waals surface area contributed by atoms with E-state index < -0.39 is 28.5 Å². The summed E-state index contributed by atoms with van der Waals surface area (Å²) in [6.45, 7) is 7.26. The van der Waals surface area contributed by atoms with Crippen LogP contribution >= 0.6 is 23.2 Å². The third-order valence-electron chi connectivity index (χ3n) is 6.63. The molecule has 1 atom stereocenters. The van der Waals surface area contributed by atoms with Gasteiger partial charge in [0, 0.05) is 23.1 Å². The van der Waals surface area contributed by atoms with Gasteiger partial charge in [0.1, 0.15) is 12.6 Å². The number of carbonyl (C=O) groups is 2. The van der Waals surface area contributed by atoms with Gasteiger partial charge in [0.2, 0.25) is 11.8 Å². The molecule has 1 unspecified atom stereocenters. The number of hydrogen-bond donors (Lipinski definition) is 1. The van der Waals surface area contributed by atoms with Crippen LogP contribution < -0.4 is 9.62 Å². The van der Waals surface area contributed by atoms with Crippen LogP contribution in [0.3, 0.4) is 0 Å². The van der Waals surface area contributed by atoms with Crippen LogP contribution in [-0.4, -0.2) is 44.3 Å². The molecule has 0 saturated heterocycles. The van der Waals surface area contributed by atoms with Gasteiger partial charge in [-0.1, -0.05) is 79.0 Å². The molecule has 1 N–H and O–H groups in total. The Morgan fingerprint density at radius 1 is 0.900 bits per heavy atom. The highest BCUT2D eigenvalue weighted by Gasteiger charge is 2.34. The van der Waals surface area contributed by atoms with Gasteiger partial charge in [0.15, 0.2) is 0 Å². The van der Waals surface area contributed by atoms with Crippen molar-refractivity contribution in [2.75, 3.05) is 17.4 Å². The van der Waals surface area contributed by atoms with Crippen LogP contribution in [0.1, 0.15) is 43.4 Å². The third kappa shape index (κ3) is 7.36. The maximum atomic E-state index is 14.1. The van der Waals surface area contributed by atoms with Gasteiger partial charge in [-0.25, -0.2) is 8.42 Å². The molecule has 3 aromatic carbocycles. The van der Waals surface area contributed by atoms with E-state index in [9.17, 15) is 18.0 Å². The molecule has 0 radical (unpaired) electrons. The zero-order valence-electron chi connectivity index (χ0n) is 23.2. The van der Waals surface area contributed by atoms with Gasteiger partial charge in [-0.05, 0) is 68.1 Å². The molecule has 3 rings (SSSR count). The summed E-state index contributed by atoms with van der Waals surface area (Å²) in [7, 11) is -4.19. The molecule has 7 nitrogen and oxygen atoms in total. The van der Waals surface area contributed by atoms with Crippen LogP contribution in [-0.2, 0) is 26.2 Å². The highest BCUT2D eigenvalue weighted by atomic mass is 35.5. The van der Waals surface area contributed by atoms with E-state index in [1.54, 1.807) is 61.5 Å². The predicted molar refractivity (Wildman–Crippen MR) is 161 cm³/mol. The molecular weight excluding hydrogens is 569 g/mol. The highest BCUT2D eigenvalue weighted by Crippen LogP contribution is 2.31. The number of carbonyl (C=O) groups excluding carboxylic acids is 2. The number of nitrogens with one attached hydrogen (secondary N) is 1. The van der Waals surface area contributed by atoms with Gasteiger partial charge < -0.3 is 10.2 Å². The molecule has 2 amide bonds. The molecule has 10 heteroatoms. The Morgan fingerprint density at radius 3 is 2.17 bits per heavy atom. The summed E-state index contributed by atoms with van der Waals surface area (Å²) in [5.41, 5.74) is 2.34. The number of halogens is 2. The van der Waals surface area contributed by atoms with Crippen molar-refractivity contribution in [1.82, 2.24) is 10.2 Å². The zero-order valence-corrected chi connectivity index (χ0v) is 25.5. The summed E-state index contributed by atoms with van der Waals surface area (Å²) in [6.07, 6.45) is 1.06. The molecule has 0 aromatic heterocycles. The number of hydrogen-bond acceptors (Lipinski definition) is 4. The summed E-state index contributed by atoms with van der Waals surface area (Å²) >= 11 is 12.8. The molecule has 214 valence electrons. The maximum Gasteiger partial charge on any atom is 0.264 e. The Labute approximate surface area is 247 Å². The number of benzene rings is 3. The van der Waals surface area contributed by atoms with Crippen LogP contribution in [0.5, 0.6) is 0 Å². The lowest BCUT2D eigenvalue weighted by Gasteiger charge is -2.33. The molecule has 0 aliphatic heterocycles. The molecule has 0 heterocycles. The van der Waals surface area contributed by atoms with Crippen molar-refractivity contribution in [2.24, 2.45) is 0 Å². The van der Waals surface area contributed by atoms with E-state index in [0.29, 0.717) is 34.1 Å². The van der Waals surface area contributed by atoms with E-state index in [0.717, 1.165) is 16.3 Å². The van der Waals surface area contributed by atoms with Gasteiger partial charge in [0.25, 0.3) is 10.0 Å². The van der Waals surface area contributed by atoms with Gasteiger partial charge in [-0.2, -0.15) is 0 Å². The lowest BCUT2D eigenvalue weighted by Crippen LogP contribution is -2.52. The standard InChI is InChI=1S/C30H35Cl2N3O4S/c1-5-18-33-30(37)27(6-2)34(19-23-10-7-8-11-26(23)32)29(36)20-35(28-13-9-12-25(31)22(28)4)40(38,39)24-16-14-21(3)15-17-24/h7-17,27H,5-6,18-20H2,1-4H3,(H,33,37). The quantitative estimate of drug-likeness (QED) is 0.269. The van der Waals surface area contributed by atoms with E-state index in [4.69, 9.17) is 23.2 Å². The summed E-state index contributed by atoms with van der Waals surface area (Å²) in [4.78, 5) is 28.7. The van der Waals surface area contributed by atoms with Crippen LogP contribution in [0.2, 0.25) is 10.0 Å². The smallest absolute Gasteiger partial charge is 0.264 e. The minimum atomic E-state index is -4.19. The summed E-state index contributed by atoms with van der Waals surface area (Å²) < 4.78 is 29.1. The number of amides is 2. The molecule has 3 aromatic rings. The lowest BCUT2D eigenvalue weighted by atomic mass is 10.1. The maximum absolute atomic E-state index is 14.1. The fraction of sp³-hybridized carbons (Fsp3) is 0.333. The van der Waals surface area contributed by atoms with Crippen LogP contribution in [0.25, 0.3) is 0 Å². The molecular formula is C30H35Cl2N3O4S. The number of rotatable bonds is 12. The average Bonchev–Trinajstić information content (AvgIpc) is 2.93. The van der Waals surface area contributed by atoms with Gasteiger partial charge >= 0.3 is 0 Å². The second-order valence-corrected chi connectivity index (χ2v) is 12.2. The van der Waals surface area contributed by atoms with Crippen molar-refractivity contribution >= 4 is 50.7 Å². The van der Waals surface area contributed by atoms with Crippen molar-refractivity contribution in [2.45, 2.75) is 58.0 Å². The van der Waals surface area contributed by atoms with E-state index >= 15 is 0 Å². The number of anilines is 1. The van der Waals surface area contributed by atoms with Crippen molar-refractivity contribution < 1.29 is 18.0 Å². The van der Waals surface area contributed by atoms with Crippen molar-refractivity contribution in [3.05, 3.63) is 93.5 Å². The first kappa shape index (κ1) is 31.5. The Kier molecular flexibility index (Phi) is 11.0. The third-order valence-corrected chi connectivity index (χ3v) is 9.18. The van der Waals surface area contributed by atoms with E-state index in [1.807, 2.05) is 20.8 Å². The fourth-order valence-electron chi connectivity index (χ4n) is 4.31. The first-order valence-electron chi connectivity index (χ1n) is 13.2. The van der Waals surface area contributed by atoms with E-state index in [1.165, 1.54) is 17.0 Å². The Hall–Kier alpha value is -3.07. The Balaban J connectivity index is 2.11. The summed E-state index contributed by atoms with van der Waals surface area (Å²) in [5.74, 6) is -0.856. The van der Waals surface area contributed by atoms with Crippen LogP contribution in [0.15, 0.2) is 71.6 Å². The monoisotopic (exact) mass is 603 g/mol. The first-order valence-corrected chi connectivity index (χ1v) is 15.4. The molecule has 0 saturated carbocycles. The SMILES string of the molecule is CCCNC(=O)C(CC)N(Cc1ccccc1Cl)C(=O)CN(c1cccc(Cl)c1C)S(=O)(=O)c1ccc(C)cc1. The number of aryl methyl sites for hydroxylation is 1. The molecule has 40 heavy (non-hydrogen) atoms. The molecule has 0 spiro atoms. The van der Waals surface area contributed by atoms with Gasteiger partial charge in [-0.15, -0.1) is 0 Å². The summed E-state index contributed by atoms with van der Waals surface area (Å²) in [6, 6.07) is 17.6. The predicted octanol–water partition coefficient (Wildman–Crippen LogP) is 6.14.